The molecule has 1 aromatic carbocycles. The van der Waals surface area contributed by atoms with Gasteiger partial charge in [0.05, 0.1) is 31.1 Å². The molecule has 0 spiro atoms. The lowest BCUT2D eigenvalue weighted by Crippen LogP contribution is -2.39. The molecule has 3 rings (SSSR count). The van der Waals surface area contributed by atoms with Gasteiger partial charge in [-0.2, -0.15) is 13.2 Å². The zero-order chi connectivity index (χ0) is 24.2. The number of allylic oxidation sites excluding steroid dienone is 3. The molecule has 0 saturated heterocycles. The predicted molar refractivity (Wildman–Crippen MR) is 113 cm³/mol. The average Bonchev–Trinajstić information content (AvgIpc) is 2.78. The number of aliphatic hydroxyl groups excluding tert-OH is 2. The van der Waals surface area contributed by atoms with Gasteiger partial charge in [-0.05, 0) is 42.2 Å². The van der Waals surface area contributed by atoms with Crippen LogP contribution in [0.1, 0.15) is 18.4 Å². The quantitative estimate of drug-likeness (QED) is 0.478. The van der Waals surface area contributed by atoms with Crippen molar-refractivity contribution < 1.29 is 37.3 Å². The maximum atomic E-state index is 14.5. The Balaban J connectivity index is 1.64. The van der Waals surface area contributed by atoms with E-state index in [2.05, 4.69) is 10.6 Å². The zero-order valence-electron chi connectivity index (χ0n) is 17.9. The number of halogens is 4. The number of ether oxygens (including phenoxy) is 1. The van der Waals surface area contributed by atoms with Crippen LogP contribution < -0.4 is 15.4 Å². The standard InChI is InChI=1S/C22H25F4N3O4/c1-33-19-10-15(2-3-17(19)22(24,25)26)28-21(32)29-6-4-14(5-7-29)20-18(23)9-13(11-27-20)8-16(31)12-30/h2-4,9-10,16,27,30-31H,5-8,11-12H2,1H3,(H,28,32)/t16-/m1/s1. The summed E-state index contributed by atoms with van der Waals surface area (Å²) < 4.78 is 58.3. The van der Waals surface area contributed by atoms with Gasteiger partial charge in [0.15, 0.2) is 0 Å². The van der Waals surface area contributed by atoms with E-state index in [-0.39, 0.29) is 25.2 Å². The number of carbonyl (C=O) groups is 1. The second-order valence-electron chi connectivity index (χ2n) is 7.69. The molecule has 0 saturated carbocycles. The molecular formula is C22H25F4N3O4. The Labute approximate surface area is 188 Å². The second-order valence-corrected chi connectivity index (χ2v) is 7.69. The summed E-state index contributed by atoms with van der Waals surface area (Å²) in [6, 6.07) is 2.60. The highest BCUT2D eigenvalue weighted by molar-refractivity contribution is 5.90. The molecule has 2 heterocycles. The molecule has 1 atom stereocenters. The molecule has 0 fully saturated rings. The first kappa shape index (κ1) is 24.6. The van der Waals surface area contributed by atoms with E-state index in [1.165, 1.54) is 11.0 Å². The number of methoxy groups -OCH3 is 1. The van der Waals surface area contributed by atoms with Crippen molar-refractivity contribution in [3.05, 3.63) is 58.6 Å². The van der Waals surface area contributed by atoms with Crippen molar-refractivity contribution in [3.8, 4) is 5.75 Å². The van der Waals surface area contributed by atoms with Gasteiger partial charge in [0.1, 0.15) is 11.6 Å². The molecule has 1 aromatic rings. The molecule has 180 valence electrons. The van der Waals surface area contributed by atoms with Gasteiger partial charge in [-0.3, -0.25) is 0 Å². The van der Waals surface area contributed by atoms with E-state index in [1.807, 2.05) is 0 Å². The first-order valence-electron chi connectivity index (χ1n) is 10.2. The molecule has 11 heteroatoms. The van der Waals surface area contributed by atoms with Crippen LogP contribution >= 0.6 is 0 Å². The van der Waals surface area contributed by atoms with Crippen molar-refractivity contribution in [3.63, 3.8) is 0 Å². The van der Waals surface area contributed by atoms with Crippen LogP contribution in [0.4, 0.5) is 28.0 Å². The maximum absolute atomic E-state index is 14.5. The molecular weight excluding hydrogens is 446 g/mol. The van der Waals surface area contributed by atoms with Crippen LogP contribution in [0.5, 0.6) is 5.75 Å². The van der Waals surface area contributed by atoms with E-state index in [4.69, 9.17) is 9.84 Å². The number of benzene rings is 1. The number of dihydropyridines is 1. The smallest absolute Gasteiger partial charge is 0.419 e. The van der Waals surface area contributed by atoms with Crippen molar-refractivity contribution in [1.82, 2.24) is 10.2 Å². The molecule has 0 aliphatic carbocycles. The number of aliphatic hydroxyl groups is 2. The molecule has 33 heavy (non-hydrogen) atoms. The van der Waals surface area contributed by atoms with Crippen LogP contribution in [0, 0.1) is 0 Å². The van der Waals surface area contributed by atoms with E-state index in [0.717, 1.165) is 25.3 Å². The topological polar surface area (TPSA) is 94.1 Å². The summed E-state index contributed by atoms with van der Waals surface area (Å²) in [5.41, 5.74) is 0.870. The summed E-state index contributed by atoms with van der Waals surface area (Å²) in [4.78, 5) is 14.0. The summed E-state index contributed by atoms with van der Waals surface area (Å²) in [6.45, 7) is 0.403. The molecule has 7 nitrogen and oxygen atoms in total. The number of hydrogen-bond acceptors (Lipinski definition) is 5. The largest absolute Gasteiger partial charge is 0.496 e. The van der Waals surface area contributed by atoms with Gasteiger partial charge in [-0.1, -0.05) is 6.08 Å². The third-order valence-corrected chi connectivity index (χ3v) is 5.35. The molecule has 0 unspecified atom stereocenters. The van der Waals surface area contributed by atoms with Gasteiger partial charge >= 0.3 is 12.2 Å². The molecule has 0 bridgehead atoms. The van der Waals surface area contributed by atoms with Crippen LogP contribution in [-0.2, 0) is 6.18 Å². The van der Waals surface area contributed by atoms with Gasteiger partial charge < -0.3 is 30.5 Å². The van der Waals surface area contributed by atoms with Gasteiger partial charge in [0.25, 0.3) is 0 Å². The minimum absolute atomic E-state index is 0.157. The fourth-order valence-electron chi connectivity index (χ4n) is 3.64. The Hall–Kier alpha value is -3.05. The van der Waals surface area contributed by atoms with Crippen molar-refractivity contribution in [2.24, 2.45) is 0 Å². The highest BCUT2D eigenvalue weighted by Crippen LogP contribution is 2.37. The number of alkyl halides is 3. The van der Waals surface area contributed by atoms with Gasteiger partial charge in [-0.25, -0.2) is 9.18 Å². The highest BCUT2D eigenvalue weighted by Gasteiger charge is 2.34. The van der Waals surface area contributed by atoms with E-state index < -0.39 is 42.1 Å². The van der Waals surface area contributed by atoms with E-state index in [9.17, 15) is 27.5 Å². The summed E-state index contributed by atoms with van der Waals surface area (Å²) in [7, 11) is 1.12. The van der Waals surface area contributed by atoms with Crippen LogP contribution in [-0.4, -0.2) is 60.6 Å². The number of carbonyl (C=O) groups excluding carboxylic acids is 1. The monoisotopic (exact) mass is 471 g/mol. The normalized spacial score (nSPS) is 17.7. The lowest BCUT2D eigenvalue weighted by molar-refractivity contribution is -0.138. The fourth-order valence-corrected chi connectivity index (χ4v) is 3.64. The number of nitrogens with one attached hydrogen (secondary N) is 2. The van der Waals surface area contributed by atoms with Crippen molar-refractivity contribution in [2.75, 3.05) is 38.7 Å². The van der Waals surface area contributed by atoms with E-state index in [1.54, 1.807) is 6.08 Å². The summed E-state index contributed by atoms with van der Waals surface area (Å²) in [5, 5.41) is 24.0. The fraction of sp³-hybridized carbons (Fsp3) is 0.409. The maximum Gasteiger partial charge on any atom is 0.419 e. The zero-order valence-corrected chi connectivity index (χ0v) is 17.9. The number of hydrogen-bond donors (Lipinski definition) is 4. The molecule has 2 aliphatic heterocycles. The lowest BCUT2D eigenvalue weighted by atomic mass is 9.99. The van der Waals surface area contributed by atoms with Crippen LogP contribution in [0.15, 0.2) is 53.0 Å². The molecule has 2 aliphatic rings. The van der Waals surface area contributed by atoms with Crippen molar-refractivity contribution in [1.29, 1.82) is 0 Å². The Kier molecular flexibility index (Phi) is 7.65. The highest BCUT2D eigenvalue weighted by atomic mass is 19.4. The molecule has 2 amide bonds. The number of urea groups is 1. The SMILES string of the molecule is COc1cc(NC(=O)N2CC=C(C3=C(F)C=C(C[C@@H](O)CO)CN3)CC2)ccc1C(F)(F)F. The molecule has 0 aromatic heterocycles. The Morgan fingerprint density at radius 1 is 1.36 bits per heavy atom. The summed E-state index contributed by atoms with van der Waals surface area (Å²) >= 11 is 0. The third-order valence-electron chi connectivity index (χ3n) is 5.35. The first-order valence-corrected chi connectivity index (χ1v) is 10.2. The molecule has 0 radical (unpaired) electrons. The minimum atomic E-state index is -4.58. The number of rotatable bonds is 6. The Bertz CT molecular complexity index is 988. The Morgan fingerprint density at radius 2 is 2.12 bits per heavy atom. The number of amides is 2. The summed E-state index contributed by atoms with van der Waals surface area (Å²) in [6.07, 6.45) is -1.94. The minimum Gasteiger partial charge on any atom is -0.496 e. The summed E-state index contributed by atoms with van der Waals surface area (Å²) in [5.74, 6) is -0.881. The van der Waals surface area contributed by atoms with Crippen LogP contribution in [0.2, 0.25) is 0 Å². The van der Waals surface area contributed by atoms with Gasteiger partial charge in [-0.15, -0.1) is 0 Å². The third kappa shape index (κ3) is 6.05. The first-order chi connectivity index (χ1) is 15.6. The van der Waals surface area contributed by atoms with Gasteiger partial charge in [0.2, 0.25) is 0 Å². The van der Waals surface area contributed by atoms with Crippen LogP contribution in [0.3, 0.4) is 0 Å². The number of nitrogens with zero attached hydrogens (tertiary/aromatic N) is 1. The number of anilines is 1. The van der Waals surface area contributed by atoms with Crippen molar-refractivity contribution >= 4 is 11.7 Å². The van der Waals surface area contributed by atoms with Crippen LogP contribution in [0.25, 0.3) is 0 Å². The second kappa shape index (κ2) is 10.3. The van der Waals surface area contributed by atoms with Gasteiger partial charge in [0, 0.05) is 31.4 Å². The van der Waals surface area contributed by atoms with Crippen molar-refractivity contribution in [2.45, 2.75) is 25.1 Å². The molecule has 4 N–H and O–H groups in total. The van der Waals surface area contributed by atoms with E-state index >= 15 is 0 Å². The lowest BCUT2D eigenvalue weighted by Gasteiger charge is -2.29. The Morgan fingerprint density at radius 3 is 2.70 bits per heavy atom. The average molecular weight is 471 g/mol. The van der Waals surface area contributed by atoms with E-state index in [0.29, 0.717) is 29.8 Å². The predicted octanol–water partition coefficient (Wildman–Crippen LogP) is 3.33.